The van der Waals surface area contributed by atoms with E-state index in [1.54, 1.807) is 21.0 Å². The Balaban J connectivity index is 1.37. The molecule has 14 nitrogen and oxygen atoms in total. The molecule has 4 aliphatic heterocycles. The number of fused-ring (bicyclic) bond motifs is 3. The highest BCUT2D eigenvalue weighted by molar-refractivity contribution is 6.11. The van der Waals surface area contributed by atoms with Gasteiger partial charge in [0.1, 0.15) is 34.7 Å². The molecule has 7 rings (SSSR count). The Bertz CT molecular complexity index is 2130. The summed E-state index contributed by atoms with van der Waals surface area (Å²) in [5.41, 5.74) is 1.23. The average molecular weight is 817 g/mol. The molecule has 1 saturated heterocycles. The largest absolute Gasteiger partial charge is 0.492 e. The summed E-state index contributed by atoms with van der Waals surface area (Å²) in [5.74, 6) is -2.54. The van der Waals surface area contributed by atoms with Gasteiger partial charge in [0.2, 0.25) is 5.76 Å². The molecule has 0 aromatic heterocycles. The Hall–Kier alpha value is -4.44. The molecule has 1 saturated carbocycles. The topological polar surface area (TPSA) is 194 Å². The number of esters is 1. The number of rotatable bonds is 16. The zero-order valence-corrected chi connectivity index (χ0v) is 34.2. The maximum absolute atomic E-state index is 14.0. The van der Waals surface area contributed by atoms with Crippen LogP contribution in [0.25, 0.3) is 11.6 Å². The number of piperidine rings is 1. The molecule has 0 amide bonds. The summed E-state index contributed by atoms with van der Waals surface area (Å²) in [6.45, 7) is 6.01. The number of hydrogen-bond donors (Lipinski definition) is 4. The highest BCUT2D eigenvalue weighted by atomic mass is 16.6. The van der Waals surface area contributed by atoms with Crippen molar-refractivity contribution in [1.82, 2.24) is 4.90 Å². The van der Waals surface area contributed by atoms with Crippen LogP contribution in [0.1, 0.15) is 80.5 Å². The Morgan fingerprint density at radius 3 is 2.58 bits per heavy atom. The standard InChI is InChI=1S/C45H56N2O12/c1-4-56-44(53)43-33(24-50)37(28-20-29(23-49)39(52)31(21-28)26-7-8-35-27(19-26)9-12-46-35)38-41(57-18-6-16-48)32-22-36(58-40(32)34(25-51)42(38)59-43)45(2,54)30-10-14-47(15-11-30)13-5-17-55-3/h7-9,19,24,29-31,36,48-49,51,54H,4-6,10-18,20-23,25H2,1-3H3. The third-order valence-corrected chi connectivity index (χ3v) is 12.6. The summed E-state index contributed by atoms with van der Waals surface area (Å²) in [4.78, 5) is 47.9. The molecular weight excluding hydrogens is 760 g/mol. The molecule has 0 spiro atoms. The molecule has 1 aliphatic carbocycles. The van der Waals surface area contributed by atoms with E-state index in [1.165, 1.54) is 0 Å². The van der Waals surface area contributed by atoms with E-state index < -0.39 is 48.5 Å². The number of carbonyl (C=O) groups excluding carboxylic acids is 3. The van der Waals surface area contributed by atoms with Gasteiger partial charge in [0.05, 0.1) is 55.0 Å². The lowest BCUT2D eigenvalue weighted by atomic mass is 9.71. The summed E-state index contributed by atoms with van der Waals surface area (Å²) in [6, 6.07) is 5.67. The lowest BCUT2D eigenvalue weighted by Gasteiger charge is -2.42. The van der Waals surface area contributed by atoms with E-state index in [-0.39, 0.29) is 96.7 Å². The minimum absolute atomic E-state index is 0.0140. The number of aldehydes is 1. The number of likely N-dealkylation sites (tertiary alicyclic amines) is 1. The third-order valence-electron chi connectivity index (χ3n) is 12.6. The molecule has 14 heteroatoms. The van der Waals surface area contributed by atoms with Gasteiger partial charge >= 0.3 is 5.97 Å². The van der Waals surface area contributed by atoms with Crippen LogP contribution in [0.4, 0.5) is 0 Å². The van der Waals surface area contributed by atoms with Gasteiger partial charge in [0, 0.05) is 62.7 Å². The Kier molecular flexibility index (Phi) is 13.3. The third kappa shape index (κ3) is 8.23. The molecule has 318 valence electrons. The number of benzene rings is 2. The number of methoxy groups -OCH3 is 1. The number of aliphatic hydroxyl groups is 4. The first-order chi connectivity index (χ1) is 28.6. The second-order valence-corrected chi connectivity index (χ2v) is 16.2. The SMILES string of the molecule is CCOC(=O)C1=C(C=O)C(=C2CC(CO)C(=O)C(c3ccc4c(c3)=CCN=4)C2)c2c(OCCCO)c3c(c(CO)c2O1)OC(C(C)(O)C1CCN(CCCOC)CC1)C3. The fraction of sp³-hybridized carbons (Fsp3) is 0.556. The van der Waals surface area contributed by atoms with E-state index in [1.807, 2.05) is 24.3 Å². The van der Waals surface area contributed by atoms with Gasteiger partial charge < -0.3 is 49.0 Å². The molecule has 4 N–H and O–H groups in total. The van der Waals surface area contributed by atoms with E-state index in [0.717, 1.165) is 55.0 Å². The summed E-state index contributed by atoms with van der Waals surface area (Å²) in [6.07, 6.45) is 4.84. The van der Waals surface area contributed by atoms with Crippen molar-refractivity contribution >= 4 is 29.7 Å². The molecule has 0 radical (unpaired) electrons. The number of allylic oxidation sites excluding steroid dienone is 3. The van der Waals surface area contributed by atoms with Crippen molar-refractivity contribution in [1.29, 1.82) is 0 Å². The molecule has 4 atom stereocenters. The van der Waals surface area contributed by atoms with Gasteiger partial charge in [0.15, 0.2) is 6.29 Å². The fourth-order valence-electron chi connectivity index (χ4n) is 9.46. The van der Waals surface area contributed by atoms with Crippen LogP contribution in [0.3, 0.4) is 0 Å². The van der Waals surface area contributed by atoms with Crippen LogP contribution in [0.5, 0.6) is 17.2 Å². The highest BCUT2D eigenvalue weighted by Gasteiger charge is 2.49. The zero-order chi connectivity index (χ0) is 41.8. The van der Waals surface area contributed by atoms with Crippen LogP contribution in [-0.2, 0) is 36.9 Å². The number of aliphatic hydroxyl groups excluding tert-OH is 3. The van der Waals surface area contributed by atoms with Crippen LogP contribution >= 0.6 is 0 Å². The van der Waals surface area contributed by atoms with Crippen molar-refractivity contribution in [3.8, 4) is 17.2 Å². The van der Waals surface area contributed by atoms with Crippen molar-refractivity contribution in [3.63, 3.8) is 0 Å². The zero-order valence-electron chi connectivity index (χ0n) is 34.2. The van der Waals surface area contributed by atoms with Crippen LogP contribution in [0.15, 0.2) is 40.1 Å². The number of hydrogen-bond acceptors (Lipinski definition) is 14. The molecule has 4 heterocycles. The maximum Gasteiger partial charge on any atom is 0.375 e. The Morgan fingerprint density at radius 2 is 1.88 bits per heavy atom. The van der Waals surface area contributed by atoms with Gasteiger partial charge in [-0.25, -0.2) is 4.79 Å². The predicted octanol–water partition coefficient (Wildman–Crippen LogP) is 2.07. The van der Waals surface area contributed by atoms with E-state index in [2.05, 4.69) is 9.89 Å². The van der Waals surface area contributed by atoms with E-state index >= 15 is 0 Å². The Labute approximate surface area is 343 Å². The lowest BCUT2D eigenvalue weighted by Crippen LogP contribution is -2.52. The Morgan fingerprint density at radius 1 is 1.08 bits per heavy atom. The second kappa shape index (κ2) is 18.4. The van der Waals surface area contributed by atoms with E-state index in [4.69, 9.17) is 23.7 Å². The molecule has 59 heavy (non-hydrogen) atoms. The quantitative estimate of drug-likeness (QED) is 0.109. The van der Waals surface area contributed by atoms with Gasteiger partial charge in [0.25, 0.3) is 0 Å². The molecule has 2 aromatic carbocycles. The number of ether oxygens (including phenoxy) is 5. The van der Waals surface area contributed by atoms with Crippen molar-refractivity contribution in [3.05, 3.63) is 67.9 Å². The molecule has 4 unspecified atom stereocenters. The van der Waals surface area contributed by atoms with Gasteiger partial charge in [-0.15, -0.1) is 0 Å². The first-order valence-electron chi connectivity index (χ1n) is 20.8. The molecular formula is C45H56N2O12. The van der Waals surface area contributed by atoms with Crippen LogP contribution in [0.2, 0.25) is 0 Å². The van der Waals surface area contributed by atoms with Gasteiger partial charge in [-0.05, 0) is 87.9 Å². The number of Topliss-reactive ketones (excluding diaryl/α,β-unsaturated/α-hetero) is 1. The van der Waals surface area contributed by atoms with Gasteiger partial charge in [-0.1, -0.05) is 17.7 Å². The van der Waals surface area contributed by atoms with E-state index in [9.17, 15) is 34.8 Å². The van der Waals surface area contributed by atoms with Crippen molar-refractivity contribution in [2.24, 2.45) is 16.8 Å². The van der Waals surface area contributed by atoms with Crippen molar-refractivity contribution < 1.29 is 58.5 Å². The first-order valence-corrected chi connectivity index (χ1v) is 20.8. The summed E-state index contributed by atoms with van der Waals surface area (Å²) in [7, 11) is 1.69. The number of ketones is 1. The predicted molar refractivity (Wildman–Crippen MR) is 215 cm³/mol. The first kappa shape index (κ1) is 42.7. The van der Waals surface area contributed by atoms with Gasteiger partial charge in [-0.3, -0.25) is 14.6 Å². The van der Waals surface area contributed by atoms with Crippen molar-refractivity contribution in [2.45, 2.75) is 83.0 Å². The van der Waals surface area contributed by atoms with Gasteiger partial charge in [-0.2, -0.15) is 0 Å². The average Bonchev–Trinajstić information content (AvgIpc) is 3.92. The normalized spacial score (nSPS) is 23.9. The summed E-state index contributed by atoms with van der Waals surface area (Å²) < 4.78 is 30.1. The monoisotopic (exact) mass is 816 g/mol. The minimum atomic E-state index is -1.30. The lowest BCUT2D eigenvalue weighted by molar-refractivity contribution is -0.141. The van der Waals surface area contributed by atoms with Crippen LogP contribution < -0.4 is 24.8 Å². The van der Waals surface area contributed by atoms with E-state index in [0.29, 0.717) is 30.6 Å². The second-order valence-electron chi connectivity index (χ2n) is 16.2. The number of carbonyl (C=O) groups is 3. The smallest absolute Gasteiger partial charge is 0.375 e. The molecule has 5 aliphatic rings. The molecule has 0 bridgehead atoms. The van der Waals surface area contributed by atoms with Crippen LogP contribution in [-0.4, -0.2) is 121 Å². The molecule has 2 fully saturated rings. The fourth-order valence-corrected chi connectivity index (χ4v) is 9.46. The number of nitrogens with zero attached hydrogens (tertiary/aromatic N) is 2. The molecule has 2 aromatic rings. The van der Waals surface area contributed by atoms with Crippen molar-refractivity contribution in [2.75, 3.05) is 66.3 Å². The maximum atomic E-state index is 14.0. The minimum Gasteiger partial charge on any atom is -0.492 e. The van der Waals surface area contributed by atoms with Crippen LogP contribution in [0, 0.1) is 11.8 Å². The summed E-state index contributed by atoms with van der Waals surface area (Å²) in [5, 5.41) is 45.6. The highest BCUT2D eigenvalue weighted by Crippen LogP contribution is 2.57. The summed E-state index contributed by atoms with van der Waals surface area (Å²) >= 11 is 0.